The largest absolute Gasteiger partial charge is 0.481 e. The van der Waals surface area contributed by atoms with Gasteiger partial charge < -0.3 is 9.64 Å². The first kappa shape index (κ1) is 9.08. The monoisotopic (exact) mass is 141 g/mol. The molecule has 0 spiro atoms. The maximum atomic E-state index is 4.94. The van der Waals surface area contributed by atoms with Crippen molar-refractivity contribution in [2.24, 2.45) is 0 Å². The van der Waals surface area contributed by atoms with E-state index >= 15 is 0 Å². The van der Waals surface area contributed by atoms with Crippen LogP contribution >= 0.6 is 0 Å². The Morgan fingerprint density at radius 3 is 2.50 bits per heavy atom. The normalized spacial score (nSPS) is 15.5. The molecule has 2 heteroatoms. The van der Waals surface area contributed by atoms with Gasteiger partial charge in [0.1, 0.15) is 0 Å². The summed E-state index contributed by atoms with van der Waals surface area (Å²) in [7, 11) is 1.94. The minimum atomic E-state index is 0.620. The van der Waals surface area contributed by atoms with E-state index < -0.39 is 0 Å². The highest BCUT2D eigenvalue weighted by atomic mass is 16.5. The van der Waals surface area contributed by atoms with E-state index in [4.69, 9.17) is 4.74 Å². The quantitative estimate of drug-likeness (QED) is 0.511. The van der Waals surface area contributed by atoms with Crippen molar-refractivity contribution < 1.29 is 4.74 Å². The fourth-order valence-electron chi connectivity index (χ4n) is 0.492. The first-order chi connectivity index (χ1) is 4.80. The van der Waals surface area contributed by atoms with Crippen molar-refractivity contribution in [1.29, 1.82) is 0 Å². The maximum absolute atomic E-state index is 4.94. The predicted octanol–water partition coefficient (Wildman–Crippen LogP) is 1.96. The minimum absolute atomic E-state index is 0.620. The third-order valence-corrected chi connectivity index (χ3v) is 1.12. The molecule has 2 nitrogen and oxygen atoms in total. The second kappa shape index (κ2) is 4.91. The molecule has 1 rings (SSSR count). The molecule has 0 amide bonds. The summed E-state index contributed by atoms with van der Waals surface area (Å²) in [4.78, 5) is 1.93. The van der Waals surface area contributed by atoms with Crippen LogP contribution in [0.5, 0.6) is 0 Å². The fourth-order valence-corrected chi connectivity index (χ4v) is 0.492. The van der Waals surface area contributed by atoms with E-state index in [0.29, 0.717) is 6.73 Å². The van der Waals surface area contributed by atoms with E-state index in [1.807, 2.05) is 31.9 Å². The van der Waals surface area contributed by atoms with Crippen LogP contribution in [0.15, 0.2) is 24.6 Å². The van der Waals surface area contributed by atoms with Gasteiger partial charge in [-0.05, 0) is 6.08 Å². The summed E-state index contributed by atoms with van der Waals surface area (Å²) in [5.41, 5.74) is 0.997. The topological polar surface area (TPSA) is 12.5 Å². The molecule has 0 saturated heterocycles. The first-order valence-electron chi connectivity index (χ1n) is 3.49. The molecule has 0 N–H and O–H groups in total. The van der Waals surface area contributed by atoms with Crippen LogP contribution in [0.25, 0.3) is 0 Å². The Bertz CT molecular complexity index is 129. The van der Waals surface area contributed by atoms with Crippen molar-refractivity contribution in [2.45, 2.75) is 13.8 Å². The Labute approximate surface area is 62.8 Å². The van der Waals surface area contributed by atoms with Gasteiger partial charge in [-0.3, -0.25) is 0 Å². The lowest BCUT2D eigenvalue weighted by Crippen LogP contribution is -2.20. The molecule has 0 bridgehead atoms. The van der Waals surface area contributed by atoms with Crippen LogP contribution in [0, 0.1) is 0 Å². The summed E-state index contributed by atoms with van der Waals surface area (Å²) in [5, 5.41) is 0. The van der Waals surface area contributed by atoms with Gasteiger partial charge in [0.25, 0.3) is 0 Å². The third kappa shape index (κ3) is 2.58. The molecule has 0 unspecified atom stereocenters. The lowest BCUT2D eigenvalue weighted by molar-refractivity contribution is 0.128. The molecule has 0 fully saturated rings. The van der Waals surface area contributed by atoms with E-state index in [0.717, 1.165) is 5.70 Å². The second-order valence-electron chi connectivity index (χ2n) is 1.79. The van der Waals surface area contributed by atoms with E-state index in [9.17, 15) is 0 Å². The van der Waals surface area contributed by atoms with Crippen molar-refractivity contribution >= 4 is 0 Å². The van der Waals surface area contributed by atoms with Crippen molar-refractivity contribution in [1.82, 2.24) is 4.90 Å². The molecule has 0 aliphatic carbocycles. The number of hydrogen-bond donors (Lipinski definition) is 0. The second-order valence-corrected chi connectivity index (χ2v) is 1.79. The molecule has 58 valence electrons. The Balaban J connectivity index is 0.000000371. The van der Waals surface area contributed by atoms with Gasteiger partial charge in [0, 0.05) is 12.7 Å². The number of likely N-dealkylation sites (N-methyl/N-ethyl adjacent to an activating group) is 1. The highest BCUT2D eigenvalue weighted by Gasteiger charge is 2.00. The van der Waals surface area contributed by atoms with E-state index in [1.165, 1.54) is 0 Å². The van der Waals surface area contributed by atoms with Crippen molar-refractivity contribution in [2.75, 3.05) is 13.8 Å². The average molecular weight is 141 g/mol. The zero-order chi connectivity index (χ0) is 7.98. The van der Waals surface area contributed by atoms with Crippen molar-refractivity contribution in [3.63, 3.8) is 0 Å². The van der Waals surface area contributed by atoms with Gasteiger partial charge in [-0.2, -0.15) is 0 Å². The number of hydrogen-bond acceptors (Lipinski definition) is 2. The zero-order valence-electron chi connectivity index (χ0n) is 6.92. The van der Waals surface area contributed by atoms with Crippen LogP contribution in [0.2, 0.25) is 0 Å². The van der Waals surface area contributed by atoms with Gasteiger partial charge in [0.2, 0.25) is 0 Å². The van der Waals surface area contributed by atoms with Gasteiger partial charge >= 0.3 is 0 Å². The fraction of sp³-hybridized carbons (Fsp3) is 0.500. The molecule has 0 aromatic heterocycles. The number of ether oxygens (including phenoxy) is 1. The maximum Gasteiger partial charge on any atom is 0.160 e. The van der Waals surface area contributed by atoms with Gasteiger partial charge in [-0.25, -0.2) is 0 Å². The van der Waals surface area contributed by atoms with E-state index in [1.54, 1.807) is 6.26 Å². The van der Waals surface area contributed by atoms with Crippen molar-refractivity contribution in [3.8, 4) is 0 Å². The van der Waals surface area contributed by atoms with E-state index in [-0.39, 0.29) is 0 Å². The Hall–Kier alpha value is -0.920. The van der Waals surface area contributed by atoms with Crippen LogP contribution in [-0.4, -0.2) is 18.7 Å². The number of nitrogens with zero attached hydrogens (tertiary/aromatic N) is 1. The molecule has 10 heavy (non-hydrogen) atoms. The molecule has 0 aromatic rings. The number of allylic oxidation sites excluding steroid dienone is 1. The summed E-state index contributed by atoms with van der Waals surface area (Å²) in [6.45, 7) is 8.37. The lowest BCUT2D eigenvalue weighted by atomic mass is 10.4. The highest BCUT2D eigenvalue weighted by molar-refractivity contribution is 5.12. The lowest BCUT2D eigenvalue weighted by Gasteiger charge is -2.21. The molecule has 0 saturated carbocycles. The van der Waals surface area contributed by atoms with Gasteiger partial charge in [-0.1, -0.05) is 20.4 Å². The number of rotatable bonds is 0. The summed E-state index contributed by atoms with van der Waals surface area (Å²) < 4.78 is 4.94. The van der Waals surface area contributed by atoms with Crippen molar-refractivity contribution in [3.05, 3.63) is 24.6 Å². The molecular formula is C8H15NO. The van der Waals surface area contributed by atoms with Crippen LogP contribution in [0.4, 0.5) is 0 Å². The predicted molar refractivity (Wildman–Crippen MR) is 43.3 cm³/mol. The summed E-state index contributed by atoms with van der Waals surface area (Å²) >= 11 is 0. The summed E-state index contributed by atoms with van der Waals surface area (Å²) in [6, 6.07) is 0. The van der Waals surface area contributed by atoms with Crippen LogP contribution in [0.3, 0.4) is 0 Å². The highest BCUT2D eigenvalue weighted by Crippen LogP contribution is 2.04. The van der Waals surface area contributed by atoms with Crippen LogP contribution < -0.4 is 0 Å². The van der Waals surface area contributed by atoms with Gasteiger partial charge in [0.15, 0.2) is 6.73 Å². The third-order valence-electron chi connectivity index (χ3n) is 1.12. The van der Waals surface area contributed by atoms with Gasteiger partial charge in [0.05, 0.1) is 6.26 Å². The SMILES string of the molecule is C=C1C=COCN1C.CC. The molecular weight excluding hydrogens is 126 g/mol. The smallest absolute Gasteiger partial charge is 0.160 e. The Kier molecular flexibility index (Phi) is 4.46. The molecule has 0 aromatic carbocycles. The van der Waals surface area contributed by atoms with Crippen LogP contribution in [0.1, 0.15) is 13.8 Å². The minimum Gasteiger partial charge on any atom is -0.481 e. The molecule has 1 heterocycles. The molecule has 1 aliphatic rings. The Morgan fingerprint density at radius 1 is 1.60 bits per heavy atom. The standard InChI is InChI=1S/C6H9NO.C2H6/c1-6-3-4-8-5-7(6)2;1-2/h3-4H,1,5H2,2H3;1-2H3. The first-order valence-corrected chi connectivity index (χ1v) is 3.49. The zero-order valence-corrected chi connectivity index (χ0v) is 6.92. The molecule has 0 atom stereocenters. The summed E-state index contributed by atoms with van der Waals surface area (Å²) in [6.07, 6.45) is 3.49. The van der Waals surface area contributed by atoms with Gasteiger partial charge in [-0.15, -0.1) is 0 Å². The molecule has 1 aliphatic heterocycles. The molecule has 0 radical (unpaired) electrons. The average Bonchev–Trinajstić information content (AvgIpc) is 2.00. The van der Waals surface area contributed by atoms with Crippen LogP contribution in [-0.2, 0) is 4.74 Å². The Morgan fingerprint density at radius 2 is 2.20 bits per heavy atom. The summed E-state index contributed by atoms with van der Waals surface area (Å²) in [5.74, 6) is 0. The van der Waals surface area contributed by atoms with E-state index in [2.05, 4.69) is 6.58 Å².